The average molecular weight is 465 g/mol. The number of carboxylic acids is 1. The Morgan fingerprint density at radius 3 is 2.61 bits per heavy atom. The molecule has 4 rings (SSSR count). The standard InChI is InChI=1S/C23H31NO9/c1-11-5-6-13(31-4)18-15(11)22-9-10-24(3)12(2)23(22,30)8-7-14(19(22)33-18)32-21(29)17(26)16(25)20(27)28/h5-7,11-12,15-17,19,25-26,30H,8-10H2,1-4H3,(H,27,28)/t11?,12-,15?,16?,17+,19-,22?,23-/m1/s1. The number of allylic oxidation sites excluding steroid dienone is 3. The first-order chi connectivity index (χ1) is 15.5. The van der Waals surface area contributed by atoms with Crippen molar-refractivity contribution < 1.29 is 44.2 Å². The fourth-order valence-corrected chi connectivity index (χ4v) is 6.10. The molecule has 10 nitrogen and oxygen atoms in total. The highest BCUT2D eigenvalue weighted by molar-refractivity contribution is 5.84. The molecule has 2 aliphatic carbocycles. The molecule has 0 amide bonds. The number of carbonyl (C=O) groups is 2. The number of piperidine rings is 1. The Morgan fingerprint density at radius 2 is 1.97 bits per heavy atom. The number of hydrogen-bond acceptors (Lipinski definition) is 9. The number of hydrogen-bond donors (Lipinski definition) is 4. The normalized spacial score (nSPS) is 39.4. The second-order valence-electron chi connectivity index (χ2n) is 9.46. The van der Waals surface area contributed by atoms with Gasteiger partial charge in [-0.25, -0.2) is 9.59 Å². The molecule has 33 heavy (non-hydrogen) atoms. The highest BCUT2D eigenvalue weighted by atomic mass is 16.6. The van der Waals surface area contributed by atoms with E-state index < -0.39 is 41.3 Å². The smallest absolute Gasteiger partial charge is 0.343 e. The van der Waals surface area contributed by atoms with Crippen LogP contribution >= 0.6 is 0 Å². The van der Waals surface area contributed by atoms with E-state index in [-0.39, 0.29) is 30.1 Å². The molecule has 2 aliphatic heterocycles. The number of aliphatic carboxylic acids is 1. The van der Waals surface area contributed by atoms with Crippen LogP contribution in [0.3, 0.4) is 0 Å². The van der Waals surface area contributed by atoms with E-state index in [9.17, 15) is 24.9 Å². The van der Waals surface area contributed by atoms with E-state index >= 15 is 0 Å². The first-order valence-electron chi connectivity index (χ1n) is 11.1. The van der Waals surface area contributed by atoms with Crippen molar-refractivity contribution in [1.29, 1.82) is 0 Å². The maximum atomic E-state index is 12.5. The Balaban J connectivity index is 1.79. The molecule has 4 N–H and O–H groups in total. The molecule has 1 spiro atoms. The van der Waals surface area contributed by atoms with E-state index in [2.05, 4.69) is 4.90 Å². The molecule has 0 bridgehead atoms. The summed E-state index contributed by atoms with van der Waals surface area (Å²) in [7, 11) is 3.48. The van der Waals surface area contributed by atoms with Crippen molar-refractivity contribution in [3.05, 3.63) is 35.5 Å². The van der Waals surface area contributed by atoms with E-state index in [1.54, 1.807) is 6.08 Å². The van der Waals surface area contributed by atoms with Gasteiger partial charge in [-0.1, -0.05) is 13.0 Å². The largest absolute Gasteiger partial charge is 0.493 e. The van der Waals surface area contributed by atoms with Crippen molar-refractivity contribution in [1.82, 2.24) is 4.90 Å². The molecule has 2 fully saturated rings. The van der Waals surface area contributed by atoms with Gasteiger partial charge in [-0.05, 0) is 45.0 Å². The highest BCUT2D eigenvalue weighted by Crippen LogP contribution is 2.66. The number of carboxylic acid groups (broad SMARTS) is 1. The minimum absolute atomic E-state index is 0.000468. The molecule has 4 aliphatic rings. The quantitative estimate of drug-likeness (QED) is 0.414. The molecule has 0 aromatic rings. The third kappa shape index (κ3) is 3.23. The molecule has 2 heterocycles. The number of nitrogens with zero attached hydrogens (tertiary/aromatic N) is 1. The average Bonchev–Trinajstić information content (AvgIpc) is 3.15. The number of aliphatic hydroxyl groups excluding tert-OH is 2. The molecule has 4 unspecified atom stereocenters. The topological polar surface area (TPSA) is 146 Å². The van der Waals surface area contributed by atoms with Gasteiger partial charge < -0.3 is 39.5 Å². The zero-order valence-electron chi connectivity index (χ0n) is 19.1. The van der Waals surface area contributed by atoms with E-state index in [4.69, 9.17) is 19.3 Å². The Morgan fingerprint density at radius 1 is 1.27 bits per heavy atom. The molecular weight excluding hydrogens is 434 g/mol. The third-order valence-electron chi connectivity index (χ3n) is 8.01. The summed E-state index contributed by atoms with van der Waals surface area (Å²) >= 11 is 0. The number of ether oxygens (including phenoxy) is 3. The Labute approximate surface area is 191 Å². The number of esters is 1. The van der Waals surface area contributed by atoms with Crippen LogP contribution in [0.1, 0.15) is 26.7 Å². The van der Waals surface area contributed by atoms with Gasteiger partial charge in [0, 0.05) is 18.4 Å². The number of likely N-dealkylation sites (tertiary alicyclic amines) is 1. The maximum Gasteiger partial charge on any atom is 0.343 e. The van der Waals surface area contributed by atoms with Crippen molar-refractivity contribution in [2.24, 2.45) is 17.3 Å². The monoisotopic (exact) mass is 465 g/mol. The van der Waals surface area contributed by atoms with Gasteiger partial charge in [-0.2, -0.15) is 0 Å². The lowest BCUT2D eigenvalue weighted by molar-refractivity contribution is -0.207. The van der Waals surface area contributed by atoms with Crippen LogP contribution in [0.25, 0.3) is 0 Å². The van der Waals surface area contributed by atoms with Crippen molar-refractivity contribution in [2.75, 3.05) is 20.7 Å². The van der Waals surface area contributed by atoms with Crippen molar-refractivity contribution in [3.8, 4) is 0 Å². The van der Waals surface area contributed by atoms with Gasteiger partial charge >= 0.3 is 11.9 Å². The molecule has 10 heteroatoms. The Kier molecular flexibility index (Phi) is 5.84. The van der Waals surface area contributed by atoms with Gasteiger partial charge in [0.1, 0.15) is 11.5 Å². The first-order valence-corrected chi connectivity index (χ1v) is 11.1. The lowest BCUT2D eigenvalue weighted by Crippen LogP contribution is -2.71. The summed E-state index contributed by atoms with van der Waals surface area (Å²) < 4.78 is 17.3. The number of rotatable bonds is 5. The van der Waals surface area contributed by atoms with Crippen LogP contribution in [0.2, 0.25) is 0 Å². The van der Waals surface area contributed by atoms with Gasteiger partial charge in [-0.15, -0.1) is 0 Å². The molecule has 182 valence electrons. The second kappa shape index (κ2) is 8.12. The molecule has 0 aromatic heterocycles. The SMILES string of the molecule is COC1=C2O[C@@H]3C(OC(=O)[C@@H](O)C(O)C(=O)O)=CC[C@@]4(O)[C@@H](C)N(C)CCC34C2C(C)C=C1. The van der Waals surface area contributed by atoms with E-state index in [1.807, 2.05) is 33.0 Å². The zero-order valence-corrected chi connectivity index (χ0v) is 19.1. The van der Waals surface area contributed by atoms with Gasteiger partial charge in [0.2, 0.25) is 0 Å². The van der Waals surface area contributed by atoms with Crippen LogP contribution in [0.15, 0.2) is 35.5 Å². The van der Waals surface area contributed by atoms with E-state index in [0.29, 0.717) is 24.5 Å². The lowest BCUT2D eigenvalue weighted by atomic mass is 9.50. The van der Waals surface area contributed by atoms with Crippen LogP contribution in [0.5, 0.6) is 0 Å². The molecule has 0 aromatic carbocycles. The van der Waals surface area contributed by atoms with E-state index in [1.165, 1.54) is 7.11 Å². The summed E-state index contributed by atoms with van der Waals surface area (Å²) in [5.74, 6) is -2.11. The lowest BCUT2D eigenvalue weighted by Gasteiger charge is -2.60. The van der Waals surface area contributed by atoms with Crippen LogP contribution in [0, 0.1) is 17.3 Å². The van der Waals surface area contributed by atoms with Crippen LogP contribution in [-0.4, -0.2) is 87.9 Å². The number of methoxy groups -OCH3 is 1. The van der Waals surface area contributed by atoms with Crippen molar-refractivity contribution >= 4 is 11.9 Å². The Hall–Kier alpha value is -2.40. The highest BCUT2D eigenvalue weighted by Gasteiger charge is 2.72. The minimum atomic E-state index is -2.32. The number of likely N-dealkylation sites (N-methyl/N-ethyl adjacent to an activating group) is 1. The predicted octanol–water partition coefficient (Wildman–Crippen LogP) is 0.144. The van der Waals surface area contributed by atoms with Crippen molar-refractivity contribution in [2.45, 2.75) is 56.6 Å². The van der Waals surface area contributed by atoms with Gasteiger partial charge in [0.15, 0.2) is 24.1 Å². The number of carbonyl (C=O) groups excluding carboxylic acids is 1. The number of fused-ring (bicyclic) bond motifs is 1. The summed E-state index contributed by atoms with van der Waals surface area (Å²) in [6.45, 7) is 4.67. The molecular formula is C23H31NO9. The fourth-order valence-electron chi connectivity index (χ4n) is 6.10. The second-order valence-corrected chi connectivity index (χ2v) is 9.46. The zero-order chi connectivity index (χ0) is 24.3. The van der Waals surface area contributed by atoms with Gasteiger partial charge in [0.05, 0.1) is 18.1 Å². The molecule has 8 atom stereocenters. The molecule has 2 saturated heterocycles. The summed E-state index contributed by atoms with van der Waals surface area (Å²) in [4.78, 5) is 25.5. The maximum absolute atomic E-state index is 12.5. The number of aliphatic hydroxyl groups is 3. The predicted molar refractivity (Wildman–Crippen MR) is 113 cm³/mol. The van der Waals surface area contributed by atoms with Crippen LogP contribution in [0.4, 0.5) is 0 Å². The third-order valence-corrected chi connectivity index (χ3v) is 8.01. The summed E-state index contributed by atoms with van der Waals surface area (Å²) in [6, 6.07) is -0.228. The van der Waals surface area contributed by atoms with Crippen LogP contribution < -0.4 is 0 Å². The summed E-state index contributed by atoms with van der Waals surface area (Å²) in [5, 5.41) is 40.6. The molecule has 0 saturated carbocycles. The van der Waals surface area contributed by atoms with Gasteiger partial charge in [-0.3, -0.25) is 0 Å². The summed E-state index contributed by atoms with van der Waals surface area (Å²) in [5.41, 5.74) is -2.08. The van der Waals surface area contributed by atoms with Crippen LogP contribution in [-0.2, 0) is 23.8 Å². The summed E-state index contributed by atoms with van der Waals surface area (Å²) in [6.07, 6.45) is 0.647. The first kappa shape index (κ1) is 23.7. The molecule has 0 radical (unpaired) electrons. The minimum Gasteiger partial charge on any atom is -0.493 e. The van der Waals surface area contributed by atoms with Gasteiger partial charge in [0.25, 0.3) is 0 Å². The van der Waals surface area contributed by atoms with Crippen molar-refractivity contribution in [3.63, 3.8) is 0 Å². The Bertz CT molecular complexity index is 942. The van der Waals surface area contributed by atoms with E-state index in [0.717, 1.165) is 0 Å². The fraction of sp³-hybridized carbons (Fsp3) is 0.652.